The second kappa shape index (κ2) is 6.03. The zero-order chi connectivity index (χ0) is 13.0. The Kier molecular flexibility index (Phi) is 4.63. The SMILES string of the molecule is CCCNCC1(Cc2cccc(F)c2Cl)CCC1. The van der Waals surface area contributed by atoms with Crippen LogP contribution in [0.3, 0.4) is 0 Å². The summed E-state index contributed by atoms with van der Waals surface area (Å²) in [6.45, 7) is 4.25. The van der Waals surface area contributed by atoms with Gasteiger partial charge in [-0.25, -0.2) is 4.39 Å². The van der Waals surface area contributed by atoms with Gasteiger partial charge in [0, 0.05) is 6.54 Å². The van der Waals surface area contributed by atoms with Crippen LogP contribution < -0.4 is 5.32 Å². The summed E-state index contributed by atoms with van der Waals surface area (Å²) in [5.74, 6) is -0.301. The summed E-state index contributed by atoms with van der Waals surface area (Å²) in [6.07, 6.45) is 5.75. The fourth-order valence-electron chi connectivity index (χ4n) is 2.71. The van der Waals surface area contributed by atoms with E-state index in [1.807, 2.05) is 6.07 Å². The molecule has 0 spiro atoms. The Morgan fingerprint density at radius 3 is 2.78 bits per heavy atom. The van der Waals surface area contributed by atoms with Gasteiger partial charge in [-0.15, -0.1) is 0 Å². The standard InChI is InChI=1S/C15H21ClFN/c1-2-9-18-11-15(7-4-8-15)10-12-5-3-6-13(17)14(12)16/h3,5-6,18H,2,4,7-11H2,1H3. The topological polar surface area (TPSA) is 12.0 Å². The van der Waals surface area contributed by atoms with Gasteiger partial charge in [-0.05, 0) is 49.3 Å². The molecule has 1 aliphatic rings. The second-order valence-electron chi connectivity index (χ2n) is 5.42. The van der Waals surface area contributed by atoms with E-state index < -0.39 is 0 Å². The van der Waals surface area contributed by atoms with Crippen LogP contribution in [0.15, 0.2) is 18.2 Å². The molecular weight excluding hydrogens is 249 g/mol. The molecule has 0 radical (unpaired) electrons. The van der Waals surface area contributed by atoms with Crippen LogP contribution in [0, 0.1) is 11.2 Å². The summed E-state index contributed by atoms with van der Waals surface area (Å²) in [7, 11) is 0. The van der Waals surface area contributed by atoms with Crippen molar-refractivity contribution in [2.75, 3.05) is 13.1 Å². The zero-order valence-corrected chi connectivity index (χ0v) is 11.7. The van der Waals surface area contributed by atoms with Gasteiger partial charge in [-0.2, -0.15) is 0 Å². The highest BCUT2D eigenvalue weighted by Crippen LogP contribution is 2.44. The van der Waals surface area contributed by atoms with Gasteiger partial charge in [-0.1, -0.05) is 37.1 Å². The Labute approximate surface area is 114 Å². The first-order valence-electron chi connectivity index (χ1n) is 6.80. The summed E-state index contributed by atoms with van der Waals surface area (Å²) in [5.41, 5.74) is 1.25. The largest absolute Gasteiger partial charge is 0.316 e. The lowest BCUT2D eigenvalue weighted by atomic mass is 9.65. The quantitative estimate of drug-likeness (QED) is 0.764. The minimum absolute atomic E-state index is 0.298. The molecule has 0 unspecified atom stereocenters. The third-order valence-corrected chi connectivity index (χ3v) is 4.36. The maximum atomic E-state index is 13.4. The van der Waals surface area contributed by atoms with Crippen molar-refractivity contribution in [3.63, 3.8) is 0 Å². The van der Waals surface area contributed by atoms with E-state index >= 15 is 0 Å². The van der Waals surface area contributed by atoms with Gasteiger partial charge in [0.05, 0.1) is 5.02 Å². The number of benzene rings is 1. The average molecular weight is 270 g/mol. The second-order valence-corrected chi connectivity index (χ2v) is 5.80. The van der Waals surface area contributed by atoms with Crippen molar-refractivity contribution in [3.05, 3.63) is 34.6 Å². The molecule has 1 fully saturated rings. The van der Waals surface area contributed by atoms with Gasteiger partial charge in [0.25, 0.3) is 0 Å². The molecule has 0 heterocycles. The van der Waals surface area contributed by atoms with Gasteiger partial charge in [0.2, 0.25) is 0 Å². The van der Waals surface area contributed by atoms with Crippen molar-refractivity contribution >= 4 is 11.6 Å². The Hall–Kier alpha value is -0.600. The number of rotatable bonds is 6. The predicted molar refractivity (Wildman–Crippen MR) is 74.6 cm³/mol. The molecule has 1 N–H and O–H groups in total. The first-order valence-corrected chi connectivity index (χ1v) is 7.18. The Balaban J connectivity index is 2.03. The molecule has 0 aromatic heterocycles. The first kappa shape index (κ1) is 13.8. The van der Waals surface area contributed by atoms with Crippen LogP contribution in [-0.4, -0.2) is 13.1 Å². The van der Waals surface area contributed by atoms with E-state index in [2.05, 4.69) is 12.2 Å². The third-order valence-electron chi connectivity index (χ3n) is 3.94. The average Bonchev–Trinajstić information content (AvgIpc) is 2.31. The predicted octanol–water partition coefficient (Wildman–Crippen LogP) is 4.19. The van der Waals surface area contributed by atoms with Crippen LogP contribution in [0.1, 0.15) is 38.2 Å². The molecule has 1 saturated carbocycles. The molecular formula is C15H21ClFN. The fourth-order valence-corrected chi connectivity index (χ4v) is 2.90. The minimum Gasteiger partial charge on any atom is -0.316 e. The highest BCUT2D eigenvalue weighted by atomic mass is 35.5. The molecule has 100 valence electrons. The molecule has 2 rings (SSSR count). The van der Waals surface area contributed by atoms with Crippen molar-refractivity contribution in [2.24, 2.45) is 5.41 Å². The van der Waals surface area contributed by atoms with E-state index in [-0.39, 0.29) is 5.82 Å². The van der Waals surface area contributed by atoms with Gasteiger partial charge in [0.1, 0.15) is 5.82 Å². The number of hydrogen-bond acceptors (Lipinski definition) is 1. The summed E-state index contributed by atoms with van der Waals surface area (Å²) in [6, 6.07) is 5.13. The monoisotopic (exact) mass is 269 g/mol. The lowest BCUT2D eigenvalue weighted by Gasteiger charge is -2.42. The van der Waals surface area contributed by atoms with Gasteiger partial charge >= 0.3 is 0 Å². The summed E-state index contributed by atoms with van der Waals surface area (Å²) < 4.78 is 13.4. The lowest BCUT2D eigenvalue weighted by molar-refractivity contribution is 0.130. The van der Waals surface area contributed by atoms with Crippen LogP contribution in [0.4, 0.5) is 4.39 Å². The van der Waals surface area contributed by atoms with E-state index in [9.17, 15) is 4.39 Å². The van der Waals surface area contributed by atoms with Crippen LogP contribution in [0.5, 0.6) is 0 Å². The molecule has 0 amide bonds. The van der Waals surface area contributed by atoms with Crippen LogP contribution in [0.2, 0.25) is 5.02 Å². The number of hydrogen-bond donors (Lipinski definition) is 1. The van der Waals surface area contributed by atoms with E-state index in [1.165, 1.54) is 25.3 Å². The molecule has 18 heavy (non-hydrogen) atoms. The zero-order valence-electron chi connectivity index (χ0n) is 10.9. The fraction of sp³-hybridized carbons (Fsp3) is 0.600. The third kappa shape index (κ3) is 3.04. The summed E-state index contributed by atoms with van der Waals surface area (Å²) >= 11 is 6.05. The van der Waals surface area contributed by atoms with Crippen LogP contribution in [0.25, 0.3) is 0 Å². The maximum absolute atomic E-state index is 13.4. The minimum atomic E-state index is -0.301. The summed E-state index contributed by atoms with van der Waals surface area (Å²) in [5, 5.41) is 3.80. The highest BCUT2D eigenvalue weighted by molar-refractivity contribution is 6.31. The normalized spacial score (nSPS) is 17.5. The van der Waals surface area contributed by atoms with Gasteiger partial charge in [0.15, 0.2) is 0 Å². The maximum Gasteiger partial charge on any atom is 0.142 e. The van der Waals surface area contributed by atoms with Gasteiger partial charge < -0.3 is 5.32 Å². The molecule has 0 atom stereocenters. The smallest absolute Gasteiger partial charge is 0.142 e. The van der Waals surface area contributed by atoms with Crippen molar-refractivity contribution in [1.82, 2.24) is 5.32 Å². The summed E-state index contributed by atoms with van der Waals surface area (Å²) in [4.78, 5) is 0. The lowest BCUT2D eigenvalue weighted by Crippen LogP contribution is -2.42. The van der Waals surface area contributed by atoms with E-state index in [4.69, 9.17) is 11.6 Å². The van der Waals surface area contributed by atoms with Crippen molar-refractivity contribution in [3.8, 4) is 0 Å². The molecule has 1 aliphatic carbocycles. The van der Waals surface area contributed by atoms with E-state index in [0.717, 1.165) is 31.5 Å². The Morgan fingerprint density at radius 1 is 1.39 bits per heavy atom. The molecule has 1 nitrogen and oxygen atoms in total. The highest BCUT2D eigenvalue weighted by Gasteiger charge is 2.37. The van der Waals surface area contributed by atoms with Crippen molar-refractivity contribution in [2.45, 2.75) is 39.0 Å². The van der Waals surface area contributed by atoms with Crippen molar-refractivity contribution in [1.29, 1.82) is 0 Å². The first-order chi connectivity index (χ1) is 8.67. The molecule has 0 saturated heterocycles. The molecule has 0 bridgehead atoms. The number of halogens is 2. The van der Waals surface area contributed by atoms with Crippen LogP contribution >= 0.6 is 11.6 Å². The van der Waals surface area contributed by atoms with E-state index in [0.29, 0.717) is 10.4 Å². The van der Waals surface area contributed by atoms with Gasteiger partial charge in [-0.3, -0.25) is 0 Å². The van der Waals surface area contributed by atoms with Crippen molar-refractivity contribution < 1.29 is 4.39 Å². The Bertz CT molecular complexity index is 401. The molecule has 3 heteroatoms. The molecule has 1 aromatic carbocycles. The molecule has 1 aromatic rings. The van der Waals surface area contributed by atoms with Crippen LogP contribution in [-0.2, 0) is 6.42 Å². The number of nitrogens with one attached hydrogen (secondary N) is 1. The Morgan fingerprint density at radius 2 is 2.17 bits per heavy atom. The molecule has 0 aliphatic heterocycles. The van der Waals surface area contributed by atoms with E-state index in [1.54, 1.807) is 6.07 Å².